The normalized spacial score (nSPS) is 42.2. The van der Waals surface area contributed by atoms with E-state index in [2.05, 4.69) is 6.92 Å². The van der Waals surface area contributed by atoms with Crippen LogP contribution in [-0.2, 0) is 19.1 Å². The molecule has 0 bridgehead atoms. The lowest BCUT2D eigenvalue weighted by Gasteiger charge is -2.59. The highest BCUT2D eigenvalue weighted by Gasteiger charge is 2.65. The molecule has 30 heavy (non-hydrogen) atoms. The van der Waals surface area contributed by atoms with Crippen LogP contribution < -0.4 is 0 Å². The Labute approximate surface area is 185 Å². The van der Waals surface area contributed by atoms with Gasteiger partial charge in [-0.2, -0.15) is 0 Å². The molecule has 0 aromatic heterocycles. The molecule has 0 amide bonds. The van der Waals surface area contributed by atoms with Crippen LogP contribution in [0.1, 0.15) is 39.0 Å². The third-order valence-corrected chi connectivity index (χ3v) is 8.54. The number of carboxylic acids is 1. The Balaban J connectivity index is 1.70. The maximum Gasteiger partial charge on any atom is 0.339 e. The second-order valence-electron chi connectivity index (χ2n) is 9.40. The SMILES string of the molecule is C[C@]12C=CC(=O)C=C1CC[C@@H]1[C@@H]2[C@@H](O)C[C@]2(COC(=O)C(Cl)Cl)[C@@H](C(=O)O)CC[C@@H]12. The van der Waals surface area contributed by atoms with Gasteiger partial charge in [-0.05, 0) is 56.1 Å². The van der Waals surface area contributed by atoms with E-state index in [1.54, 1.807) is 12.2 Å². The molecular weight excluding hydrogens is 431 g/mol. The first kappa shape index (κ1) is 21.8. The summed E-state index contributed by atoms with van der Waals surface area (Å²) in [5.74, 6) is -2.52. The van der Waals surface area contributed by atoms with Crippen molar-refractivity contribution in [3.05, 3.63) is 23.8 Å². The number of rotatable bonds is 4. The van der Waals surface area contributed by atoms with Gasteiger partial charge in [0.1, 0.15) is 0 Å². The summed E-state index contributed by atoms with van der Waals surface area (Å²) >= 11 is 11.2. The number of aliphatic carboxylic acids is 1. The van der Waals surface area contributed by atoms with Crippen LogP contribution in [0.2, 0.25) is 0 Å². The van der Waals surface area contributed by atoms with Gasteiger partial charge in [0, 0.05) is 16.7 Å². The predicted octanol–water partition coefficient (Wildman–Crippen LogP) is 3.29. The van der Waals surface area contributed by atoms with Gasteiger partial charge in [0.15, 0.2) is 5.78 Å². The van der Waals surface area contributed by atoms with Crippen molar-refractivity contribution in [2.24, 2.45) is 34.5 Å². The Morgan fingerprint density at radius 3 is 2.70 bits per heavy atom. The Bertz CT molecular complexity index is 835. The van der Waals surface area contributed by atoms with Crippen LogP contribution in [0.5, 0.6) is 0 Å². The van der Waals surface area contributed by atoms with Crippen LogP contribution >= 0.6 is 23.2 Å². The minimum Gasteiger partial charge on any atom is -0.481 e. The maximum atomic E-state index is 12.1. The van der Waals surface area contributed by atoms with Crippen molar-refractivity contribution < 1.29 is 29.3 Å². The fourth-order valence-electron chi connectivity index (χ4n) is 7.02. The fraction of sp³-hybridized carbons (Fsp3) is 0.682. The second-order valence-corrected chi connectivity index (χ2v) is 10.5. The second kappa shape index (κ2) is 7.64. The van der Waals surface area contributed by atoms with E-state index in [1.807, 2.05) is 6.08 Å². The number of halogens is 2. The van der Waals surface area contributed by atoms with Crippen molar-refractivity contribution in [3.8, 4) is 0 Å². The summed E-state index contributed by atoms with van der Waals surface area (Å²) in [6.45, 7) is 1.95. The van der Waals surface area contributed by atoms with Gasteiger partial charge in [-0.3, -0.25) is 9.59 Å². The first-order chi connectivity index (χ1) is 14.1. The standard InChI is InChI=1S/C22H26Cl2O6/c1-21-7-6-12(25)8-11(21)2-3-13-14-4-5-15(19(27)28)22(14,9-16(26)17(13)21)10-30-20(29)18(23)24/h6-8,13-18,26H,2-5,9-10H2,1H3,(H,27,28)/t13-,14-,15+,16-,17+,21-,22+/m0/s1. The number of carboxylic acid groups (broad SMARTS) is 1. The van der Waals surface area contributed by atoms with Gasteiger partial charge in [0.2, 0.25) is 4.84 Å². The van der Waals surface area contributed by atoms with Crippen molar-refractivity contribution in [1.29, 1.82) is 0 Å². The number of hydrogen-bond acceptors (Lipinski definition) is 5. The van der Waals surface area contributed by atoms with E-state index in [9.17, 15) is 24.6 Å². The summed E-state index contributed by atoms with van der Waals surface area (Å²) in [4.78, 5) is 34.6. The molecule has 0 aliphatic heterocycles. The summed E-state index contributed by atoms with van der Waals surface area (Å²) in [5, 5.41) is 21.2. The van der Waals surface area contributed by atoms with Crippen LogP contribution in [0.3, 0.4) is 0 Å². The highest BCUT2D eigenvalue weighted by molar-refractivity contribution is 6.52. The first-order valence-electron chi connectivity index (χ1n) is 10.4. The van der Waals surface area contributed by atoms with E-state index in [4.69, 9.17) is 27.9 Å². The zero-order chi connectivity index (χ0) is 21.8. The predicted molar refractivity (Wildman–Crippen MR) is 110 cm³/mol. The number of ketones is 1. The van der Waals surface area contributed by atoms with E-state index in [-0.39, 0.29) is 36.6 Å². The summed E-state index contributed by atoms with van der Waals surface area (Å²) < 4.78 is 5.35. The molecule has 6 nitrogen and oxygen atoms in total. The quantitative estimate of drug-likeness (QED) is 0.497. The van der Waals surface area contributed by atoms with E-state index >= 15 is 0 Å². The number of ether oxygens (including phenoxy) is 1. The molecule has 0 aromatic rings. The number of carbonyl (C=O) groups is 3. The first-order valence-corrected chi connectivity index (χ1v) is 11.3. The van der Waals surface area contributed by atoms with Gasteiger partial charge < -0.3 is 14.9 Å². The van der Waals surface area contributed by atoms with Crippen LogP contribution in [0.15, 0.2) is 23.8 Å². The molecule has 4 rings (SSSR count). The van der Waals surface area contributed by atoms with Gasteiger partial charge >= 0.3 is 11.9 Å². The maximum absolute atomic E-state index is 12.1. The van der Waals surface area contributed by atoms with Gasteiger partial charge in [-0.1, -0.05) is 41.8 Å². The van der Waals surface area contributed by atoms with Crippen LogP contribution in [0, 0.1) is 34.5 Å². The molecule has 2 N–H and O–H groups in total. The number of aliphatic hydroxyl groups is 1. The van der Waals surface area contributed by atoms with Crippen LogP contribution in [0.4, 0.5) is 0 Å². The number of carbonyl (C=O) groups excluding carboxylic acids is 2. The Morgan fingerprint density at radius 1 is 1.30 bits per heavy atom. The van der Waals surface area contributed by atoms with Crippen molar-refractivity contribution in [3.63, 3.8) is 0 Å². The molecule has 7 atom stereocenters. The van der Waals surface area contributed by atoms with E-state index in [1.165, 1.54) is 0 Å². The zero-order valence-corrected chi connectivity index (χ0v) is 18.2. The summed E-state index contributed by atoms with van der Waals surface area (Å²) in [6, 6.07) is 0. The lowest BCUT2D eigenvalue weighted by atomic mass is 9.46. The van der Waals surface area contributed by atoms with Crippen LogP contribution in [-0.4, -0.2) is 45.5 Å². The molecule has 0 spiro atoms. The van der Waals surface area contributed by atoms with Crippen molar-refractivity contribution >= 4 is 40.9 Å². The number of aliphatic hydroxyl groups excluding tert-OH is 1. The third kappa shape index (κ3) is 3.23. The van der Waals surface area contributed by atoms with Crippen molar-refractivity contribution in [2.45, 2.75) is 50.0 Å². The van der Waals surface area contributed by atoms with Gasteiger partial charge in [0.25, 0.3) is 0 Å². The monoisotopic (exact) mass is 456 g/mol. The minimum atomic E-state index is -1.34. The van der Waals surface area contributed by atoms with Crippen molar-refractivity contribution in [2.75, 3.05) is 6.61 Å². The molecule has 3 fully saturated rings. The van der Waals surface area contributed by atoms with Gasteiger partial charge in [-0.15, -0.1) is 0 Å². The lowest BCUT2D eigenvalue weighted by molar-refractivity contribution is -0.174. The van der Waals surface area contributed by atoms with Gasteiger partial charge in [-0.25, -0.2) is 4.79 Å². The highest BCUT2D eigenvalue weighted by atomic mass is 35.5. The van der Waals surface area contributed by atoms with Gasteiger partial charge in [0.05, 0.1) is 18.6 Å². The number of alkyl halides is 2. The highest BCUT2D eigenvalue weighted by Crippen LogP contribution is 2.66. The largest absolute Gasteiger partial charge is 0.481 e. The van der Waals surface area contributed by atoms with E-state index in [0.29, 0.717) is 12.8 Å². The number of fused-ring (bicyclic) bond motifs is 5. The Morgan fingerprint density at radius 2 is 2.03 bits per heavy atom. The summed E-state index contributed by atoms with van der Waals surface area (Å²) in [7, 11) is 0. The summed E-state index contributed by atoms with van der Waals surface area (Å²) in [5.41, 5.74) is -0.247. The molecule has 0 saturated heterocycles. The fourth-order valence-corrected chi connectivity index (χ4v) is 7.15. The average molecular weight is 457 g/mol. The average Bonchev–Trinajstić information content (AvgIpc) is 3.05. The van der Waals surface area contributed by atoms with E-state index < -0.39 is 39.6 Å². The lowest BCUT2D eigenvalue weighted by Crippen LogP contribution is -2.58. The van der Waals surface area contributed by atoms with Crippen molar-refractivity contribution in [1.82, 2.24) is 0 Å². The molecule has 0 aromatic carbocycles. The third-order valence-electron chi connectivity index (χ3n) is 8.18. The molecule has 3 saturated carbocycles. The number of hydrogen-bond donors (Lipinski definition) is 2. The van der Waals surface area contributed by atoms with Crippen LogP contribution in [0.25, 0.3) is 0 Å². The molecule has 164 valence electrons. The molecule has 8 heteroatoms. The summed E-state index contributed by atoms with van der Waals surface area (Å²) in [6.07, 6.45) is 7.29. The molecule has 4 aliphatic rings. The Kier molecular flexibility index (Phi) is 5.57. The molecule has 0 radical (unpaired) electrons. The topological polar surface area (TPSA) is 101 Å². The molecule has 4 aliphatic carbocycles. The molecular formula is C22H26Cl2O6. The number of allylic oxidation sites excluding steroid dienone is 4. The smallest absolute Gasteiger partial charge is 0.339 e. The van der Waals surface area contributed by atoms with E-state index in [0.717, 1.165) is 18.4 Å². The number of esters is 1. The molecule has 0 heterocycles. The minimum absolute atomic E-state index is 0.00620. The molecule has 0 unspecified atom stereocenters. The Hall–Kier alpha value is -1.37. The zero-order valence-electron chi connectivity index (χ0n) is 16.7.